The minimum Gasteiger partial charge on any atom is -0.344 e. The van der Waals surface area contributed by atoms with E-state index in [2.05, 4.69) is 10.3 Å². The van der Waals surface area contributed by atoms with Crippen LogP contribution < -0.4 is 5.32 Å². The van der Waals surface area contributed by atoms with Gasteiger partial charge >= 0.3 is 0 Å². The lowest BCUT2D eigenvalue weighted by atomic mass is 10.2. The third-order valence-electron chi connectivity index (χ3n) is 2.89. The van der Waals surface area contributed by atoms with Gasteiger partial charge in [0.1, 0.15) is 5.01 Å². The summed E-state index contributed by atoms with van der Waals surface area (Å²) in [6.45, 7) is 1.70. The molecule has 0 aliphatic rings. The zero-order valence-electron chi connectivity index (χ0n) is 11.1. The van der Waals surface area contributed by atoms with Crippen LogP contribution in [-0.2, 0) is 0 Å². The maximum absolute atomic E-state index is 7.47. The number of anilines is 1. The van der Waals surface area contributed by atoms with Crippen LogP contribution in [0.25, 0.3) is 20.8 Å². The minimum absolute atomic E-state index is 0.397. The van der Waals surface area contributed by atoms with Crippen LogP contribution in [0, 0.1) is 5.41 Å². The summed E-state index contributed by atoms with van der Waals surface area (Å²) < 4.78 is 1.09. The van der Waals surface area contributed by atoms with Crippen LogP contribution in [0.4, 0.5) is 5.69 Å². The zero-order chi connectivity index (χ0) is 15.0. The van der Waals surface area contributed by atoms with Gasteiger partial charge in [-0.1, -0.05) is 29.3 Å². The zero-order valence-corrected chi connectivity index (χ0v) is 13.4. The number of fused-ring (bicyclic) bond motifs is 1. The Morgan fingerprint density at radius 2 is 1.95 bits per heavy atom. The van der Waals surface area contributed by atoms with Crippen molar-refractivity contribution in [2.45, 2.75) is 6.92 Å². The second-order valence-electron chi connectivity index (χ2n) is 4.58. The van der Waals surface area contributed by atoms with Crippen molar-refractivity contribution in [1.29, 1.82) is 5.41 Å². The largest absolute Gasteiger partial charge is 0.344 e. The first-order valence-corrected chi connectivity index (χ1v) is 7.78. The van der Waals surface area contributed by atoms with Crippen LogP contribution in [0.15, 0.2) is 36.4 Å². The summed E-state index contributed by atoms with van der Waals surface area (Å²) in [4.78, 5) is 4.63. The molecule has 1 heterocycles. The first kappa shape index (κ1) is 14.3. The minimum atomic E-state index is 0.397. The number of nitrogens with zero attached hydrogens (tertiary/aromatic N) is 1. The maximum Gasteiger partial charge on any atom is 0.124 e. The van der Waals surface area contributed by atoms with Crippen LogP contribution in [-0.4, -0.2) is 10.8 Å². The standard InChI is InChI=1S/C15H11Cl2N3S/c1-8(18)19-10-3-5-14-13(7-10)20-15(21-14)9-2-4-11(16)12(17)6-9/h2-7H,1H3,(H2,18,19). The van der Waals surface area contributed by atoms with Crippen LogP contribution in [0.3, 0.4) is 0 Å². The van der Waals surface area contributed by atoms with E-state index in [4.69, 9.17) is 28.6 Å². The first-order valence-electron chi connectivity index (χ1n) is 6.21. The van der Waals surface area contributed by atoms with Gasteiger partial charge in [0, 0.05) is 11.3 Å². The van der Waals surface area contributed by atoms with Gasteiger partial charge in [0.15, 0.2) is 0 Å². The smallest absolute Gasteiger partial charge is 0.124 e. The van der Waals surface area contributed by atoms with Gasteiger partial charge in [0.25, 0.3) is 0 Å². The lowest BCUT2D eigenvalue weighted by Gasteiger charge is -2.02. The SMILES string of the molecule is CC(=N)Nc1ccc2sc(-c3ccc(Cl)c(Cl)c3)nc2c1. The number of halogens is 2. The van der Waals surface area contributed by atoms with E-state index in [9.17, 15) is 0 Å². The molecule has 0 fully saturated rings. The predicted molar refractivity (Wildman–Crippen MR) is 92.1 cm³/mol. The summed E-state index contributed by atoms with van der Waals surface area (Å²) >= 11 is 13.6. The molecule has 0 aliphatic carbocycles. The number of hydrogen-bond donors (Lipinski definition) is 2. The van der Waals surface area contributed by atoms with E-state index < -0.39 is 0 Å². The molecule has 0 radical (unpaired) electrons. The quantitative estimate of drug-likeness (QED) is 0.467. The molecule has 0 saturated heterocycles. The Balaban J connectivity index is 2.04. The fourth-order valence-electron chi connectivity index (χ4n) is 1.97. The van der Waals surface area contributed by atoms with Gasteiger partial charge in [-0.25, -0.2) is 4.98 Å². The Bertz CT molecular complexity index is 842. The average molecular weight is 336 g/mol. The summed E-state index contributed by atoms with van der Waals surface area (Å²) in [5.74, 6) is 0.397. The van der Waals surface area contributed by atoms with E-state index in [1.807, 2.05) is 30.3 Å². The van der Waals surface area contributed by atoms with Gasteiger partial charge in [-0.2, -0.15) is 0 Å². The molecule has 3 rings (SSSR count). The number of benzene rings is 2. The second-order valence-corrected chi connectivity index (χ2v) is 6.43. The van der Waals surface area contributed by atoms with E-state index in [1.165, 1.54) is 0 Å². The molecular weight excluding hydrogens is 325 g/mol. The summed E-state index contributed by atoms with van der Waals surface area (Å²) in [7, 11) is 0. The molecule has 3 aromatic rings. The summed E-state index contributed by atoms with van der Waals surface area (Å²) in [6, 6.07) is 11.4. The molecule has 1 aromatic heterocycles. The Morgan fingerprint density at radius 3 is 2.67 bits per heavy atom. The van der Waals surface area contributed by atoms with Crippen LogP contribution >= 0.6 is 34.5 Å². The Labute approximate surface area is 136 Å². The van der Waals surface area contributed by atoms with Gasteiger partial charge < -0.3 is 5.32 Å². The number of thiazole rings is 1. The maximum atomic E-state index is 7.47. The van der Waals surface area contributed by atoms with Gasteiger partial charge in [-0.05, 0) is 37.3 Å². The highest BCUT2D eigenvalue weighted by Gasteiger charge is 2.09. The normalized spacial score (nSPS) is 10.8. The third kappa shape index (κ3) is 3.02. The lowest BCUT2D eigenvalue weighted by molar-refractivity contribution is 1.44. The van der Waals surface area contributed by atoms with E-state index in [-0.39, 0.29) is 0 Å². The first-order chi connectivity index (χ1) is 10.0. The van der Waals surface area contributed by atoms with Crippen molar-refractivity contribution in [3.63, 3.8) is 0 Å². The number of hydrogen-bond acceptors (Lipinski definition) is 3. The van der Waals surface area contributed by atoms with Crippen molar-refractivity contribution in [3.05, 3.63) is 46.4 Å². The third-order valence-corrected chi connectivity index (χ3v) is 4.71. The monoisotopic (exact) mass is 335 g/mol. The van der Waals surface area contributed by atoms with Gasteiger partial charge in [-0.3, -0.25) is 5.41 Å². The predicted octanol–water partition coefficient (Wildman–Crippen LogP) is 5.68. The number of aromatic nitrogens is 1. The highest BCUT2D eigenvalue weighted by Crippen LogP contribution is 2.34. The summed E-state index contributed by atoms with van der Waals surface area (Å²) in [5.41, 5.74) is 2.71. The second kappa shape index (κ2) is 5.64. The Hall–Kier alpha value is -1.62. The van der Waals surface area contributed by atoms with Gasteiger partial charge in [0.05, 0.1) is 26.1 Å². The van der Waals surface area contributed by atoms with Crippen molar-refractivity contribution in [2.24, 2.45) is 0 Å². The number of amidine groups is 1. The lowest BCUT2D eigenvalue weighted by Crippen LogP contribution is -2.04. The van der Waals surface area contributed by atoms with E-state index in [0.29, 0.717) is 15.9 Å². The highest BCUT2D eigenvalue weighted by molar-refractivity contribution is 7.21. The summed E-state index contributed by atoms with van der Waals surface area (Å²) in [6.07, 6.45) is 0. The molecule has 6 heteroatoms. The van der Waals surface area contributed by atoms with Crippen molar-refractivity contribution in [1.82, 2.24) is 4.98 Å². The van der Waals surface area contributed by atoms with Crippen LogP contribution in [0.5, 0.6) is 0 Å². The van der Waals surface area contributed by atoms with Crippen LogP contribution in [0.1, 0.15) is 6.92 Å². The number of rotatable bonds is 2. The molecule has 2 N–H and O–H groups in total. The molecule has 0 atom stereocenters. The highest BCUT2D eigenvalue weighted by atomic mass is 35.5. The molecule has 0 spiro atoms. The molecule has 0 bridgehead atoms. The molecule has 21 heavy (non-hydrogen) atoms. The van der Waals surface area contributed by atoms with Gasteiger partial charge in [-0.15, -0.1) is 11.3 Å². The fraction of sp³-hybridized carbons (Fsp3) is 0.0667. The van der Waals surface area contributed by atoms with Crippen molar-refractivity contribution in [2.75, 3.05) is 5.32 Å². The summed E-state index contributed by atoms with van der Waals surface area (Å²) in [5, 5.41) is 12.4. The molecule has 0 amide bonds. The van der Waals surface area contributed by atoms with Crippen molar-refractivity contribution < 1.29 is 0 Å². The fourth-order valence-corrected chi connectivity index (χ4v) is 3.21. The molecule has 0 aliphatic heterocycles. The van der Waals surface area contributed by atoms with Crippen molar-refractivity contribution >= 4 is 56.3 Å². The van der Waals surface area contributed by atoms with E-state index in [1.54, 1.807) is 24.3 Å². The Morgan fingerprint density at radius 1 is 1.14 bits per heavy atom. The van der Waals surface area contributed by atoms with Gasteiger partial charge in [0.2, 0.25) is 0 Å². The molecule has 106 valence electrons. The molecule has 2 aromatic carbocycles. The molecule has 0 saturated carbocycles. The average Bonchev–Trinajstić information content (AvgIpc) is 2.84. The van der Waals surface area contributed by atoms with E-state index >= 15 is 0 Å². The van der Waals surface area contributed by atoms with E-state index in [0.717, 1.165) is 26.5 Å². The molecule has 0 unspecified atom stereocenters. The Kier molecular flexibility index (Phi) is 3.85. The topological polar surface area (TPSA) is 48.8 Å². The molecular formula is C15H11Cl2N3S. The van der Waals surface area contributed by atoms with Crippen molar-refractivity contribution in [3.8, 4) is 10.6 Å². The molecule has 3 nitrogen and oxygen atoms in total. The number of nitrogens with one attached hydrogen (secondary N) is 2. The van der Waals surface area contributed by atoms with Crippen LogP contribution in [0.2, 0.25) is 10.0 Å².